The first kappa shape index (κ1) is 9.40. The Bertz CT molecular complexity index is 512. The summed E-state index contributed by atoms with van der Waals surface area (Å²) >= 11 is 3.59. The van der Waals surface area contributed by atoms with E-state index in [4.69, 9.17) is 0 Å². The van der Waals surface area contributed by atoms with Gasteiger partial charge in [-0.25, -0.2) is 4.98 Å². The third kappa shape index (κ3) is 1.49. The minimum absolute atomic E-state index is 0.801. The summed E-state index contributed by atoms with van der Waals surface area (Å²) in [5, 5.41) is 0. The zero-order valence-electron chi connectivity index (χ0n) is 8.70. The van der Waals surface area contributed by atoms with E-state index >= 15 is 0 Å². The van der Waals surface area contributed by atoms with E-state index in [1.54, 1.807) is 0 Å². The molecule has 0 aromatic carbocycles. The van der Waals surface area contributed by atoms with Crippen molar-refractivity contribution in [2.45, 2.75) is 32.1 Å². The molecule has 2 nitrogen and oxygen atoms in total. The van der Waals surface area contributed by atoms with Gasteiger partial charge in [-0.1, -0.05) is 6.92 Å². The Kier molecular flexibility index (Phi) is 2.09. The van der Waals surface area contributed by atoms with Crippen LogP contribution in [0, 0.1) is 0 Å². The lowest BCUT2D eigenvalue weighted by atomic mass is 10.2. The maximum Gasteiger partial charge on any atom is 0.138 e. The summed E-state index contributed by atoms with van der Waals surface area (Å²) < 4.78 is 3.22. The number of imidazole rings is 1. The van der Waals surface area contributed by atoms with E-state index in [2.05, 4.69) is 50.6 Å². The number of nitrogens with zero attached hydrogens (tertiary/aromatic N) is 2. The lowest BCUT2D eigenvalue weighted by Crippen LogP contribution is -1.87. The quantitative estimate of drug-likeness (QED) is 0.811. The predicted octanol–water partition coefficient (Wildman–Crippen LogP) is 3.54. The molecule has 78 valence electrons. The molecule has 2 aromatic rings. The molecule has 3 rings (SSSR count). The Labute approximate surface area is 97.5 Å². The zero-order valence-corrected chi connectivity index (χ0v) is 10.3. The van der Waals surface area contributed by atoms with Gasteiger partial charge < -0.3 is 0 Å². The molecule has 0 N–H and O–H groups in total. The van der Waals surface area contributed by atoms with Crippen molar-refractivity contribution in [3.63, 3.8) is 0 Å². The Morgan fingerprint density at radius 2 is 2.33 bits per heavy atom. The van der Waals surface area contributed by atoms with E-state index in [1.165, 1.54) is 18.4 Å². The molecule has 15 heavy (non-hydrogen) atoms. The van der Waals surface area contributed by atoms with Crippen LogP contribution in [-0.2, 0) is 6.42 Å². The van der Waals surface area contributed by atoms with Gasteiger partial charge in [-0.05, 0) is 58.8 Å². The highest BCUT2D eigenvalue weighted by atomic mass is 79.9. The minimum Gasteiger partial charge on any atom is -0.294 e. The van der Waals surface area contributed by atoms with Gasteiger partial charge in [0.2, 0.25) is 0 Å². The van der Waals surface area contributed by atoms with Crippen molar-refractivity contribution in [1.82, 2.24) is 9.38 Å². The first-order chi connectivity index (χ1) is 7.29. The summed E-state index contributed by atoms with van der Waals surface area (Å²) in [5.41, 5.74) is 3.66. The summed E-state index contributed by atoms with van der Waals surface area (Å²) in [7, 11) is 0. The van der Waals surface area contributed by atoms with Crippen LogP contribution in [0.4, 0.5) is 0 Å². The number of aromatic nitrogens is 2. The van der Waals surface area contributed by atoms with E-state index in [0.29, 0.717) is 0 Å². The lowest BCUT2D eigenvalue weighted by molar-refractivity contribution is 1.04. The molecule has 0 spiro atoms. The van der Waals surface area contributed by atoms with Crippen molar-refractivity contribution in [3.05, 3.63) is 34.2 Å². The van der Waals surface area contributed by atoms with Crippen LogP contribution < -0.4 is 0 Å². The van der Waals surface area contributed by atoms with Gasteiger partial charge in [-0.3, -0.25) is 4.40 Å². The second kappa shape index (κ2) is 3.34. The Morgan fingerprint density at radius 3 is 3.00 bits per heavy atom. The number of halogens is 1. The van der Waals surface area contributed by atoms with E-state index < -0.39 is 0 Å². The summed E-state index contributed by atoms with van der Waals surface area (Å²) in [6.07, 6.45) is 5.79. The standard InChI is InChI=1S/C12H13BrN2/c1-2-10-12(13)15-6-5-9(8-3-4-8)7-11(15)14-10/h5-8H,2-4H2,1H3. The molecule has 0 amide bonds. The molecule has 2 heterocycles. The smallest absolute Gasteiger partial charge is 0.138 e. The number of rotatable bonds is 2. The molecule has 0 aliphatic heterocycles. The maximum atomic E-state index is 4.62. The maximum absolute atomic E-state index is 4.62. The number of hydrogen-bond donors (Lipinski definition) is 0. The highest BCUT2D eigenvalue weighted by molar-refractivity contribution is 9.10. The Morgan fingerprint density at radius 1 is 1.53 bits per heavy atom. The number of fused-ring (bicyclic) bond motifs is 1. The average molecular weight is 265 g/mol. The van der Waals surface area contributed by atoms with Crippen molar-refractivity contribution >= 4 is 21.6 Å². The van der Waals surface area contributed by atoms with Crippen LogP contribution in [0.3, 0.4) is 0 Å². The second-order valence-corrected chi connectivity index (χ2v) is 4.92. The SMILES string of the molecule is CCc1nc2cc(C3CC3)ccn2c1Br. The molecule has 1 aliphatic carbocycles. The van der Waals surface area contributed by atoms with E-state index in [9.17, 15) is 0 Å². The molecule has 0 bridgehead atoms. The van der Waals surface area contributed by atoms with Crippen molar-refractivity contribution < 1.29 is 0 Å². The van der Waals surface area contributed by atoms with E-state index in [1.807, 2.05) is 0 Å². The van der Waals surface area contributed by atoms with Crippen LogP contribution in [-0.4, -0.2) is 9.38 Å². The van der Waals surface area contributed by atoms with Crippen molar-refractivity contribution in [3.8, 4) is 0 Å². The molecular formula is C12H13BrN2. The van der Waals surface area contributed by atoms with Crippen LogP contribution in [0.15, 0.2) is 22.9 Å². The molecule has 3 heteroatoms. The summed E-state index contributed by atoms with van der Waals surface area (Å²) in [4.78, 5) is 4.62. The first-order valence-corrected chi connectivity index (χ1v) is 6.25. The van der Waals surface area contributed by atoms with Crippen LogP contribution in [0.25, 0.3) is 5.65 Å². The normalized spacial score (nSPS) is 16.1. The van der Waals surface area contributed by atoms with Gasteiger partial charge in [0.1, 0.15) is 10.3 Å². The van der Waals surface area contributed by atoms with Gasteiger partial charge in [0.25, 0.3) is 0 Å². The second-order valence-electron chi connectivity index (χ2n) is 4.17. The fourth-order valence-corrected chi connectivity index (χ4v) is 2.64. The molecule has 0 radical (unpaired) electrons. The van der Waals surface area contributed by atoms with Gasteiger partial charge in [0.05, 0.1) is 5.69 Å². The summed E-state index contributed by atoms with van der Waals surface area (Å²) in [6.45, 7) is 2.13. The van der Waals surface area contributed by atoms with Crippen LogP contribution in [0.2, 0.25) is 0 Å². The Balaban J connectivity index is 2.18. The number of hydrogen-bond acceptors (Lipinski definition) is 1. The zero-order chi connectivity index (χ0) is 10.4. The van der Waals surface area contributed by atoms with Crippen LogP contribution in [0.5, 0.6) is 0 Å². The monoisotopic (exact) mass is 264 g/mol. The van der Waals surface area contributed by atoms with E-state index in [0.717, 1.165) is 28.3 Å². The summed E-state index contributed by atoms with van der Waals surface area (Å²) in [5.74, 6) is 0.801. The molecule has 1 aliphatic rings. The van der Waals surface area contributed by atoms with Gasteiger partial charge in [0, 0.05) is 6.20 Å². The third-order valence-electron chi connectivity index (χ3n) is 3.04. The minimum atomic E-state index is 0.801. The first-order valence-electron chi connectivity index (χ1n) is 5.46. The largest absolute Gasteiger partial charge is 0.294 e. The molecule has 1 saturated carbocycles. The molecule has 1 fully saturated rings. The number of aryl methyl sites for hydroxylation is 1. The van der Waals surface area contributed by atoms with Gasteiger partial charge >= 0.3 is 0 Å². The topological polar surface area (TPSA) is 17.3 Å². The van der Waals surface area contributed by atoms with E-state index in [-0.39, 0.29) is 0 Å². The van der Waals surface area contributed by atoms with Crippen LogP contribution in [0.1, 0.15) is 36.9 Å². The molecule has 0 unspecified atom stereocenters. The van der Waals surface area contributed by atoms with Crippen molar-refractivity contribution in [2.75, 3.05) is 0 Å². The fraction of sp³-hybridized carbons (Fsp3) is 0.417. The third-order valence-corrected chi connectivity index (χ3v) is 3.88. The lowest BCUT2D eigenvalue weighted by Gasteiger charge is -1.99. The molecule has 0 saturated heterocycles. The average Bonchev–Trinajstić information content (AvgIpc) is 3.05. The fourth-order valence-electron chi connectivity index (χ4n) is 1.97. The van der Waals surface area contributed by atoms with Gasteiger partial charge in [-0.2, -0.15) is 0 Å². The van der Waals surface area contributed by atoms with Gasteiger partial charge in [0.15, 0.2) is 0 Å². The highest BCUT2D eigenvalue weighted by Gasteiger charge is 2.24. The highest BCUT2D eigenvalue weighted by Crippen LogP contribution is 2.40. The predicted molar refractivity (Wildman–Crippen MR) is 64.2 cm³/mol. The Hall–Kier alpha value is -0.830. The molecule has 2 aromatic heterocycles. The molecular weight excluding hydrogens is 252 g/mol. The van der Waals surface area contributed by atoms with Gasteiger partial charge in [-0.15, -0.1) is 0 Å². The number of pyridine rings is 1. The van der Waals surface area contributed by atoms with Crippen LogP contribution >= 0.6 is 15.9 Å². The van der Waals surface area contributed by atoms with Crippen molar-refractivity contribution in [1.29, 1.82) is 0 Å². The molecule has 0 atom stereocenters. The van der Waals surface area contributed by atoms with Crippen molar-refractivity contribution in [2.24, 2.45) is 0 Å². The summed E-state index contributed by atoms with van der Waals surface area (Å²) in [6, 6.07) is 4.44.